The first kappa shape index (κ1) is 11.7. The molecular formula is C13H17N3O. The number of imidazole rings is 1. The lowest BCUT2D eigenvalue weighted by atomic mass is 10.1. The van der Waals surface area contributed by atoms with Crippen molar-refractivity contribution in [1.29, 1.82) is 0 Å². The maximum absolute atomic E-state index is 5.63. The predicted molar refractivity (Wildman–Crippen MR) is 67.7 cm³/mol. The van der Waals surface area contributed by atoms with Gasteiger partial charge in [0.05, 0.1) is 24.3 Å². The SMILES string of the molecule is CCCOc1ccc(-c2nc[nH]c2CN)cc1. The summed E-state index contributed by atoms with van der Waals surface area (Å²) in [4.78, 5) is 7.31. The highest BCUT2D eigenvalue weighted by molar-refractivity contribution is 5.62. The number of rotatable bonds is 5. The van der Waals surface area contributed by atoms with E-state index in [0.717, 1.165) is 35.7 Å². The number of ether oxygens (including phenoxy) is 1. The molecular weight excluding hydrogens is 214 g/mol. The maximum Gasteiger partial charge on any atom is 0.119 e. The lowest BCUT2D eigenvalue weighted by Crippen LogP contribution is -1.98. The lowest BCUT2D eigenvalue weighted by Gasteiger charge is -2.05. The van der Waals surface area contributed by atoms with Crippen molar-refractivity contribution in [2.24, 2.45) is 5.73 Å². The van der Waals surface area contributed by atoms with E-state index in [1.807, 2.05) is 24.3 Å². The molecule has 0 aliphatic carbocycles. The van der Waals surface area contributed by atoms with Gasteiger partial charge < -0.3 is 15.5 Å². The first-order valence-electron chi connectivity index (χ1n) is 5.80. The number of nitrogens with one attached hydrogen (secondary N) is 1. The minimum Gasteiger partial charge on any atom is -0.494 e. The zero-order chi connectivity index (χ0) is 12.1. The van der Waals surface area contributed by atoms with Crippen LogP contribution in [0.1, 0.15) is 19.0 Å². The van der Waals surface area contributed by atoms with Crippen molar-refractivity contribution in [1.82, 2.24) is 9.97 Å². The van der Waals surface area contributed by atoms with Crippen molar-refractivity contribution >= 4 is 0 Å². The summed E-state index contributed by atoms with van der Waals surface area (Å²) in [5.74, 6) is 0.889. The summed E-state index contributed by atoms with van der Waals surface area (Å²) in [5.41, 5.74) is 8.55. The lowest BCUT2D eigenvalue weighted by molar-refractivity contribution is 0.317. The standard InChI is InChI=1S/C13H17N3O/c1-2-7-17-11-5-3-10(4-6-11)13-12(8-14)15-9-16-13/h3-6,9H,2,7-8,14H2,1H3,(H,15,16). The predicted octanol–water partition coefficient (Wildman–Crippen LogP) is 2.32. The van der Waals surface area contributed by atoms with Gasteiger partial charge in [-0.2, -0.15) is 0 Å². The molecule has 0 fully saturated rings. The van der Waals surface area contributed by atoms with Crippen molar-refractivity contribution in [3.05, 3.63) is 36.3 Å². The zero-order valence-corrected chi connectivity index (χ0v) is 9.94. The quantitative estimate of drug-likeness (QED) is 0.830. The second-order valence-electron chi connectivity index (χ2n) is 3.81. The third-order valence-corrected chi connectivity index (χ3v) is 2.52. The van der Waals surface area contributed by atoms with E-state index in [1.165, 1.54) is 0 Å². The molecule has 2 rings (SSSR count). The van der Waals surface area contributed by atoms with Crippen LogP contribution in [0.5, 0.6) is 5.75 Å². The van der Waals surface area contributed by atoms with E-state index in [4.69, 9.17) is 10.5 Å². The van der Waals surface area contributed by atoms with Gasteiger partial charge in [-0.05, 0) is 30.7 Å². The van der Waals surface area contributed by atoms with E-state index in [1.54, 1.807) is 6.33 Å². The molecule has 4 heteroatoms. The van der Waals surface area contributed by atoms with Crippen LogP contribution in [0.4, 0.5) is 0 Å². The summed E-state index contributed by atoms with van der Waals surface area (Å²) >= 11 is 0. The van der Waals surface area contributed by atoms with Crippen LogP contribution in [-0.2, 0) is 6.54 Å². The molecule has 2 aromatic rings. The molecule has 90 valence electrons. The maximum atomic E-state index is 5.63. The van der Waals surface area contributed by atoms with Crippen LogP contribution < -0.4 is 10.5 Å². The van der Waals surface area contributed by atoms with Crippen LogP contribution in [-0.4, -0.2) is 16.6 Å². The average Bonchev–Trinajstić information content (AvgIpc) is 2.85. The first-order chi connectivity index (χ1) is 8.35. The van der Waals surface area contributed by atoms with Gasteiger partial charge in [-0.1, -0.05) is 6.92 Å². The minimum atomic E-state index is 0.462. The number of hydrogen-bond donors (Lipinski definition) is 2. The molecule has 0 saturated heterocycles. The molecule has 0 aliphatic heterocycles. The highest BCUT2D eigenvalue weighted by Crippen LogP contribution is 2.22. The van der Waals surface area contributed by atoms with Crippen molar-refractivity contribution in [3.8, 4) is 17.0 Å². The summed E-state index contributed by atoms with van der Waals surface area (Å²) in [6.45, 7) is 3.30. The Morgan fingerprint density at radius 2 is 2.06 bits per heavy atom. The van der Waals surface area contributed by atoms with Gasteiger partial charge in [0.25, 0.3) is 0 Å². The third-order valence-electron chi connectivity index (χ3n) is 2.52. The van der Waals surface area contributed by atoms with Gasteiger partial charge in [0, 0.05) is 12.1 Å². The second kappa shape index (κ2) is 5.50. The molecule has 0 atom stereocenters. The Morgan fingerprint density at radius 1 is 1.29 bits per heavy atom. The Balaban J connectivity index is 2.17. The summed E-state index contributed by atoms with van der Waals surface area (Å²) in [6.07, 6.45) is 2.68. The fourth-order valence-electron chi connectivity index (χ4n) is 1.65. The highest BCUT2D eigenvalue weighted by Gasteiger charge is 2.06. The molecule has 0 aliphatic rings. The van der Waals surface area contributed by atoms with Gasteiger partial charge in [0.1, 0.15) is 5.75 Å². The van der Waals surface area contributed by atoms with Crippen LogP contribution in [0.3, 0.4) is 0 Å². The van der Waals surface area contributed by atoms with E-state index in [9.17, 15) is 0 Å². The van der Waals surface area contributed by atoms with Gasteiger partial charge in [0.2, 0.25) is 0 Å². The largest absolute Gasteiger partial charge is 0.494 e. The van der Waals surface area contributed by atoms with Crippen LogP contribution >= 0.6 is 0 Å². The normalized spacial score (nSPS) is 10.5. The monoisotopic (exact) mass is 231 g/mol. The second-order valence-corrected chi connectivity index (χ2v) is 3.81. The van der Waals surface area contributed by atoms with E-state index < -0.39 is 0 Å². The molecule has 0 spiro atoms. The van der Waals surface area contributed by atoms with Gasteiger partial charge in [-0.3, -0.25) is 0 Å². The molecule has 0 amide bonds. The van der Waals surface area contributed by atoms with Crippen LogP contribution in [0.25, 0.3) is 11.3 Å². The first-order valence-corrected chi connectivity index (χ1v) is 5.80. The summed E-state index contributed by atoms with van der Waals surface area (Å²) in [6, 6.07) is 7.92. The zero-order valence-electron chi connectivity index (χ0n) is 9.94. The molecule has 0 unspecified atom stereocenters. The number of hydrogen-bond acceptors (Lipinski definition) is 3. The van der Waals surface area contributed by atoms with Gasteiger partial charge in [0.15, 0.2) is 0 Å². The van der Waals surface area contributed by atoms with E-state index in [-0.39, 0.29) is 0 Å². The molecule has 3 N–H and O–H groups in total. The van der Waals surface area contributed by atoms with Crippen LogP contribution in [0, 0.1) is 0 Å². The van der Waals surface area contributed by atoms with E-state index in [0.29, 0.717) is 6.54 Å². The number of nitrogens with zero attached hydrogens (tertiary/aromatic N) is 1. The van der Waals surface area contributed by atoms with Crippen molar-refractivity contribution in [2.75, 3.05) is 6.61 Å². The van der Waals surface area contributed by atoms with Gasteiger partial charge in [-0.25, -0.2) is 4.98 Å². The molecule has 0 saturated carbocycles. The van der Waals surface area contributed by atoms with Crippen LogP contribution in [0.15, 0.2) is 30.6 Å². The van der Waals surface area contributed by atoms with Gasteiger partial charge >= 0.3 is 0 Å². The molecule has 0 radical (unpaired) electrons. The molecule has 1 aromatic carbocycles. The summed E-state index contributed by atoms with van der Waals surface area (Å²) < 4.78 is 5.53. The Morgan fingerprint density at radius 3 is 2.71 bits per heavy atom. The summed E-state index contributed by atoms with van der Waals surface area (Å²) in [5, 5.41) is 0. The molecule has 1 aromatic heterocycles. The van der Waals surface area contributed by atoms with Crippen LogP contribution in [0.2, 0.25) is 0 Å². The fourth-order valence-corrected chi connectivity index (χ4v) is 1.65. The fraction of sp³-hybridized carbons (Fsp3) is 0.308. The highest BCUT2D eigenvalue weighted by atomic mass is 16.5. The Bertz CT molecular complexity index is 462. The minimum absolute atomic E-state index is 0.462. The molecule has 0 bridgehead atoms. The van der Waals surface area contributed by atoms with Crippen molar-refractivity contribution < 1.29 is 4.74 Å². The average molecular weight is 231 g/mol. The Kier molecular flexibility index (Phi) is 3.77. The topological polar surface area (TPSA) is 63.9 Å². The van der Waals surface area contributed by atoms with Gasteiger partial charge in [-0.15, -0.1) is 0 Å². The smallest absolute Gasteiger partial charge is 0.119 e. The number of benzene rings is 1. The Labute approximate surface area is 101 Å². The van der Waals surface area contributed by atoms with Crippen molar-refractivity contribution in [2.45, 2.75) is 19.9 Å². The molecule has 4 nitrogen and oxygen atoms in total. The molecule has 1 heterocycles. The number of aromatic amines is 1. The van der Waals surface area contributed by atoms with Crippen molar-refractivity contribution in [3.63, 3.8) is 0 Å². The number of H-pyrrole nitrogens is 1. The Hall–Kier alpha value is -1.81. The molecule has 17 heavy (non-hydrogen) atoms. The summed E-state index contributed by atoms with van der Waals surface area (Å²) in [7, 11) is 0. The number of nitrogens with two attached hydrogens (primary N) is 1. The third kappa shape index (κ3) is 2.65. The van der Waals surface area contributed by atoms with E-state index >= 15 is 0 Å². The number of aromatic nitrogens is 2. The van der Waals surface area contributed by atoms with E-state index in [2.05, 4.69) is 16.9 Å².